The fraction of sp³-hybridized carbons (Fsp3) is 0.250. The zero-order valence-electron chi connectivity index (χ0n) is 18.0. The number of carbonyl (C=O) groups excluding carboxylic acids is 1. The molecule has 0 saturated heterocycles. The van der Waals surface area contributed by atoms with Crippen molar-refractivity contribution in [1.29, 1.82) is 0 Å². The smallest absolute Gasteiger partial charge is 0.280 e. The molecular weight excluding hydrogens is 394 g/mol. The summed E-state index contributed by atoms with van der Waals surface area (Å²) in [5, 5.41) is 15.2. The SMILES string of the molecule is Cc1ccc(-c2ccc(/C=N\NC(=O)Cc3ccc(C(C)(C)C)cc3)o2)c([N+](=O)[O-])c1. The van der Waals surface area contributed by atoms with Gasteiger partial charge in [0.1, 0.15) is 11.5 Å². The first-order chi connectivity index (χ1) is 14.6. The van der Waals surface area contributed by atoms with Crippen LogP contribution in [0.25, 0.3) is 11.3 Å². The zero-order chi connectivity index (χ0) is 22.6. The number of nitro groups is 1. The number of nitrogens with zero attached hydrogens (tertiary/aromatic N) is 2. The van der Waals surface area contributed by atoms with Crippen LogP contribution in [0.15, 0.2) is 64.1 Å². The molecule has 1 heterocycles. The molecule has 0 aliphatic rings. The molecule has 0 atom stereocenters. The summed E-state index contributed by atoms with van der Waals surface area (Å²) >= 11 is 0. The van der Waals surface area contributed by atoms with Crippen LogP contribution < -0.4 is 5.43 Å². The number of benzene rings is 2. The molecule has 31 heavy (non-hydrogen) atoms. The van der Waals surface area contributed by atoms with Crippen molar-refractivity contribution < 1.29 is 14.1 Å². The third-order valence-corrected chi connectivity index (χ3v) is 4.81. The summed E-state index contributed by atoms with van der Waals surface area (Å²) in [5.41, 5.74) is 5.79. The molecule has 0 bridgehead atoms. The Morgan fingerprint density at radius 1 is 1.13 bits per heavy atom. The lowest BCUT2D eigenvalue weighted by Gasteiger charge is -2.19. The van der Waals surface area contributed by atoms with Crippen LogP contribution in [-0.4, -0.2) is 17.0 Å². The number of furan rings is 1. The van der Waals surface area contributed by atoms with E-state index in [0.717, 1.165) is 11.1 Å². The Bertz CT molecular complexity index is 1120. The number of amides is 1. The van der Waals surface area contributed by atoms with E-state index >= 15 is 0 Å². The molecule has 3 rings (SSSR count). The summed E-state index contributed by atoms with van der Waals surface area (Å²) in [6.45, 7) is 8.21. The maximum Gasteiger partial charge on any atom is 0.280 e. The normalized spacial score (nSPS) is 11.6. The number of hydrazone groups is 1. The van der Waals surface area contributed by atoms with Gasteiger partial charge in [-0.1, -0.05) is 51.1 Å². The quantitative estimate of drug-likeness (QED) is 0.339. The van der Waals surface area contributed by atoms with E-state index < -0.39 is 4.92 Å². The van der Waals surface area contributed by atoms with Crippen LogP contribution in [0.3, 0.4) is 0 Å². The lowest BCUT2D eigenvalue weighted by molar-refractivity contribution is -0.384. The van der Waals surface area contributed by atoms with Crippen molar-refractivity contribution in [2.24, 2.45) is 5.10 Å². The molecular formula is C24H25N3O4. The lowest BCUT2D eigenvalue weighted by atomic mass is 9.86. The number of nitro benzene ring substituents is 1. The molecule has 1 amide bonds. The van der Waals surface area contributed by atoms with E-state index in [2.05, 4.69) is 31.3 Å². The van der Waals surface area contributed by atoms with E-state index in [0.29, 0.717) is 17.1 Å². The largest absolute Gasteiger partial charge is 0.455 e. The number of rotatable bonds is 6. The monoisotopic (exact) mass is 419 g/mol. The maximum atomic E-state index is 12.1. The highest BCUT2D eigenvalue weighted by atomic mass is 16.6. The first-order valence-electron chi connectivity index (χ1n) is 9.90. The third-order valence-electron chi connectivity index (χ3n) is 4.81. The van der Waals surface area contributed by atoms with Crippen molar-refractivity contribution in [1.82, 2.24) is 5.43 Å². The number of aryl methyl sites for hydroxylation is 1. The van der Waals surface area contributed by atoms with Crippen molar-refractivity contribution in [3.8, 4) is 11.3 Å². The summed E-state index contributed by atoms with van der Waals surface area (Å²) in [6, 6.07) is 16.2. The Morgan fingerprint density at radius 2 is 1.84 bits per heavy atom. The van der Waals surface area contributed by atoms with Gasteiger partial charge in [0.15, 0.2) is 0 Å². The van der Waals surface area contributed by atoms with Crippen LogP contribution in [0, 0.1) is 17.0 Å². The number of hydrogen-bond acceptors (Lipinski definition) is 5. The molecule has 0 fully saturated rings. The van der Waals surface area contributed by atoms with Gasteiger partial charge in [-0.05, 0) is 47.2 Å². The van der Waals surface area contributed by atoms with Gasteiger partial charge in [-0.25, -0.2) is 5.43 Å². The highest BCUT2D eigenvalue weighted by molar-refractivity contribution is 5.82. The zero-order valence-corrected chi connectivity index (χ0v) is 18.0. The first-order valence-corrected chi connectivity index (χ1v) is 9.90. The van der Waals surface area contributed by atoms with Crippen LogP contribution in [0.4, 0.5) is 5.69 Å². The fourth-order valence-corrected chi connectivity index (χ4v) is 3.08. The Hall–Kier alpha value is -3.74. The van der Waals surface area contributed by atoms with E-state index in [9.17, 15) is 14.9 Å². The predicted molar refractivity (Wildman–Crippen MR) is 120 cm³/mol. The van der Waals surface area contributed by atoms with Gasteiger partial charge in [0.05, 0.1) is 23.1 Å². The van der Waals surface area contributed by atoms with E-state index in [4.69, 9.17) is 4.42 Å². The van der Waals surface area contributed by atoms with Crippen LogP contribution in [0.1, 0.15) is 43.2 Å². The molecule has 0 radical (unpaired) electrons. The number of hydrogen-bond donors (Lipinski definition) is 1. The van der Waals surface area contributed by atoms with Gasteiger partial charge in [-0.2, -0.15) is 5.10 Å². The summed E-state index contributed by atoms with van der Waals surface area (Å²) in [5.74, 6) is 0.485. The molecule has 0 aliphatic carbocycles. The third kappa shape index (κ3) is 5.66. The van der Waals surface area contributed by atoms with Crippen LogP contribution in [0.2, 0.25) is 0 Å². The van der Waals surface area contributed by atoms with Gasteiger partial charge < -0.3 is 4.42 Å². The molecule has 0 spiro atoms. The maximum absolute atomic E-state index is 12.1. The Labute approximate surface area is 180 Å². The molecule has 0 unspecified atom stereocenters. The number of nitrogens with one attached hydrogen (secondary N) is 1. The molecule has 1 N–H and O–H groups in total. The first kappa shape index (κ1) is 22.0. The van der Waals surface area contributed by atoms with Crippen LogP contribution in [-0.2, 0) is 16.6 Å². The van der Waals surface area contributed by atoms with Gasteiger partial charge >= 0.3 is 0 Å². The molecule has 0 saturated carbocycles. The Kier molecular flexibility index (Phi) is 6.34. The van der Waals surface area contributed by atoms with Gasteiger partial charge in [-0.3, -0.25) is 14.9 Å². The minimum absolute atomic E-state index is 0.0244. The minimum Gasteiger partial charge on any atom is -0.455 e. The lowest BCUT2D eigenvalue weighted by Crippen LogP contribution is -2.20. The topological polar surface area (TPSA) is 97.7 Å². The molecule has 2 aromatic carbocycles. The Morgan fingerprint density at radius 3 is 2.48 bits per heavy atom. The van der Waals surface area contributed by atoms with Crippen LogP contribution >= 0.6 is 0 Å². The second-order valence-electron chi connectivity index (χ2n) is 8.40. The van der Waals surface area contributed by atoms with Crippen LogP contribution in [0.5, 0.6) is 0 Å². The van der Waals surface area contributed by atoms with Crippen molar-refractivity contribution in [2.75, 3.05) is 0 Å². The number of carbonyl (C=O) groups is 1. The van der Waals surface area contributed by atoms with Crippen molar-refractivity contribution in [3.63, 3.8) is 0 Å². The average Bonchev–Trinajstić information content (AvgIpc) is 3.16. The summed E-state index contributed by atoms with van der Waals surface area (Å²) in [7, 11) is 0. The molecule has 1 aromatic heterocycles. The fourth-order valence-electron chi connectivity index (χ4n) is 3.08. The summed E-state index contributed by atoms with van der Waals surface area (Å²) < 4.78 is 5.64. The van der Waals surface area contributed by atoms with Gasteiger partial charge in [0, 0.05) is 6.07 Å². The second kappa shape index (κ2) is 8.95. The van der Waals surface area contributed by atoms with Crippen molar-refractivity contribution >= 4 is 17.8 Å². The second-order valence-corrected chi connectivity index (χ2v) is 8.40. The molecule has 7 heteroatoms. The van der Waals surface area contributed by atoms with Crippen molar-refractivity contribution in [2.45, 2.75) is 39.5 Å². The van der Waals surface area contributed by atoms with E-state index in [1.165, 1.54) is 17.8 Å². The van der Waals surface area contributed by atoms with E-state index in [1.807, 2.05) is 24.3 Å². The molecule has 7 nitrogen and oxygen atoms in total. The van der Waals surface area contributed by atoms with Gasteiger partial charge in [0.2, 0.25) is 5.91 Å². The van der Waals surface area contributed by atoms with Crippen molar-refractivity contribution in [3.05, 3.63) is 87.2 Å². The summed E-state index contributed by atoms with van der Waals surface area (Å²) in [6.07, 6.45) is 1.57. The highest BCUT2D eigenvalue weighted by Crippen LogP contribution is 2.31. The van der Waals surface area contributed by atoms with Gasteiger partial charge in [0.25, 0.3) is 5.69 Å². The standard InChI is InChI=1S/C24H25N3O4/c1-16-5-11-20(21(13-16)27(29)30)22-12-10-19(31-22)15-25-26-23(28)14-17-6-8-18(9-7-17)24(2,3)4/h5-13,15H,14H2,1-4H3,(H,26,28)/b25-15-. The summed E-state index contributed by atoms with van der Waals surface area (Å²) in [4.78, 5) is 23.0. The minimum atomic E-state index is -0.438. The van der Waals surface area contributed by atoms with E-state index in [-0.39, 0.29) is 23.4 Å². The molecule has 160 valence electrons. The molecule has 0 aliphatic heterocycles. The van der Waals surface area contributed by atoms with Gasteiger partial charge in [-0.15, -0.1) is 0 Å². The highest BCUT2D eigenvalue weighted by Gasteiger charge is 2.18. The average molecular weight is 419 g/mol. The van der Waals surface area contributed by atoms with E-state index in [1.54, 1.807) is 31.2 Å². The predicted octanol–water partition coefficient (Wildman–Crippen LogP) is 5.15. The molecule has 3 aromatic rings. The Balaban J connectivity index is 1.62.